The van der Waals surface area contributed by atoms with Crippen molar-refractivity contribution < 1.29 is 14.6 Å². The predicted molar refractivity (Wildman–Crippen MR) is 71.0 cm³/mol. The van der Waals surface area contributed by atoms with Crippen LogP contribution in [0.1, 0.15) is 29.5 Å². The Labute approximate surface area is 108 Å². The van der Waals surface area contributed by atoms with Gasteiger partial charge in [0, 0.05) is 0 Å². The lowest BCUT2D eigenvalue weighted by Crippen LogP contribution is -2.28. The standard InChI is InChI=1S/C14H21NO3/c1-9-6-7-10(2)13(11(9)3)18-12(14(16)17)5-4-8-15/h6-7,12H,4-5,8,15H2,1-3H3,(H,16,17). The Bertz CT molecular complexity index is 429. The van der Waals surface area contributed by atoms with Crippen molar-refractivity contribution in [1.82, 2.24) is 0 Å². The lowest BCUT2D eigenvalue weighted by atomic mass is 10.0. The maximum Gasteiger partial charge on any atom is 0.344 e. The van der Waals surface area contributed by atoms with Crippen molar-refractivity contribution in [1.29, 1.82) is 0 Å². The SMILES string of the molecule is Cc1ccc(C)c(OC(CCCN)C(=O)O)c1C. The summed E-state index contributed by atoms with van der Waals surface area (Å²) >= 11 is 0. The molecule has 0 spiro atoms. The summed E-state index contributed by atoms with van der Waals surface area (Å²) in [6, 6.07) is 3.95. The van der Waals surface area contributed by atoms with E-state index >= 15 is 0 Å². The van der Waals surface area contributed by atoms with Gasteiger partial charge in [0.1, 0.15) is 5.75 Å². The highest BCUT2D eigenvalue weighted by atomic mass is 16.5. The van der Waals surface area contributed by atoms with E-state index in [4.69, 9.17) is 15.6 Å². The number of rotatable bonds is 6. The second-order valence-electron chi connectivity index (χ2n) is 4.53. The molecule has 4 nitrogen and oxygen atoms in total. The van der Waals surface area contributed by atoms with E-state index in [0.717, 1.165) is 16.7 Å². The van der Waals surface area contributed by atoms with Gasteiger partial charge in [0.25, 0.3) is 0 Å². The van der Waals surface area contributed by atoms with Crippen molar-refractivity contribution in [2.24, 2.45) is 5.73 Å². The second-order valence-corrected chi connectivity index (χ2v) is 4.53. The summed E-state index contributed by atoms with van der Waals surface area (Å²) in [5.74, 6) is -0.261. The molecule has 0 aliphatic carbocycles. The zero-order chi connectivity index (χ0) is 13.7. The molecular weight excluding hydrogens is 230 g/mol. The van der Waals surface area contributed by atoms with Crippen molar-refractivity contribution in [3.05, 3.63) is 28.8 Å². The van der Waals surface area contributed by atoms with Crippen molar-refractivity contribution in [3.63, 3.8) is 0 Å². The first-order valence-electron chi connectivity index (χ1n) is 6.13. The average Bonchev–Trinajstić information content (AvgIpc) is 2.33. The van der Waals surface area contributed by atoms with Crippen LogP contribution in [0, 0.1) is 20.8 Å². The van der Waals surface area contributed by atoms with E-state index in [-0.39, 0.29) is 0 Å². The maximum atomic E-state index is 11.2. The Hall–Kier alpha value is -1.55. The number of aliphatic carboxylic acids is 1. The van der Waals surface area contributed by atoms with Crippen LogP contribution in [0.5, 0.6) is 5.75 Å². The van der Waals surface area contributed by atoms with E-state index in [2.05, 4.69) is 0 Å². The van der Waals surface area contributed by atoms with Gasteiger partial charge in [0.05, 0.1) is 0 Å². The summed E-state index contributed by atoms with van der Waals surface area (Å²) in [7, 11) is 0. The van der Waals surface area contributed by atoms with Gasteiger partial charge in [0.2, 0.25) is 0 Å². The van der Waals surface area contributed by atoms with Crippen LogP contribution < -0.4 is 10.5 Å². The number of ether oxygens (including phenoxy) is 1. The minimum Gasteiger partial charge on any atom is -0.479 e. The summed E-state index contributed by atoms with van der Waals surface area (Å²) in [6.45, 7) is 6.32. The molecular formula is C14H21NO3. The molecule has 100 valence electrons. The monoisotopic (exact) mass is 251 g/mol. The van der Waals surface area contributed by atoms with Crippen LogP contribution in [0.25, 0.3) is 0 Å². The Morgan fingerprint density at radius 1 is 1.33 bits per heavy atom. The van der Waals surface area contributed by atoms with Crippen molar-refractivity contribution in [3.8, 4) is 5.75 Å². The summed E-state index contributed by atoms with van der Waals surface area (Å²) in [5.41, 5.74) is 8.45. The van der Waals surface area contributed by atoms with Gasteiger partial charge in [-0.15, -0.1) is 0 Å². The van der Waals surface area contributed by atoms with Crippen LogP contribution in [0.2, 0.25) is 0 Å². The van der Waals surface area contributed by atoms with E-state index < -0.39 is 12.1 Å². The number of carboxylic acids is 1. The minimum atomic E-state index is -0.941. The zero-order valence-corrected chi connectivity index (χ0v) is 11.2. The summed E-state index contributed by atoms with van der Waals surface area (Å²) < 4.78 is 5.67. The predicted octanol–water partition coefficient (Wildman–Crippen LogP) is 2.18. The molecule has 0 saturated carbocycles. The highest BCUT2D eigenvalue weighted by Crippen LogP contribution is 2.27. The van der Waals surface area contributed by atoms with Gasteiger partial charge in [-0.2, -0.15) is 0 Å². The molecule has 1 aromatic rings. The number of nitrogens with two attached hydrogens (primary N) is 1. The third-order valence-electron chi connectivity index (χ3n) is 3.08. The van der Waals surface area contributed by atoms with Crippen LogP contribution in [0.4, 0.5) is 0 Å². The van der Waals surface area contributed by atoms with Gasteiger partial charge < -0.3 is 15.6 Å². The van der Waals surface area contributed by atoms with Gasteiger partial charge in [-0.3, -0.25) is 0 Å². The largest absolute Gasteiger partial charge is 0.479 e. The molecule has 1 aromatic carbocycles. The fourth-order valence-corrected chi connectivity index (χ4v) is 1.79. The molecule has 0 fully saturated rings. The number of hydrogen-bond donors (Lipinski definition) is 2. The molecule has 0 saturated heterocycles. The molecule has 0 radical (unpaired) electrons. The molecule has 0 bridgehead atoms. The molecule has 0 amide bonds. The van der Waals surface area contributed by atoms with E-state index in [0.29, 0.717) is 25.1 Å². The first kappa shape index (κ1) is 14.5. The lowest BCUT2D eigenvalue weighted by Gasteiger charge is -2.19. The highest BCUT2D eigenvalue weighted by molar-refractivity contribution is 5.73. The smallest absolute Gasteiger partial charge is 0.344 e. The number of hydrogen-bond acceptors (Lipinski definition) is 3. The van der Waals surface area contributed by atoms with Gasteiger partial charge in [-0.25, -0.2) is 4.79 Å². The molecule has 1 rings (SSSR count). The lowest BCUT2D eigenvalue weighted by molar-refractivity contribution is -0.145. The molecule has 0 aromatic heterocycles. The van der Waals surface area contributed by atoms with Crippen LogP contribution in [-0.4, -0.2) is 23.7 Å². The fraction of sp³-hybridized carbons (Fsp3) is 0.500. The van der Waals surface area contributed by atoms with Crippen LogP contribution >= 0.6 is 0 Å². The Kier molecular flexibility index (Phi) is 5.16. The molecule has 4 heteroatoms. The summed E-state index contributed by atoms with van der Waals surface area (Å²) in [5, 5.41) is 9.15. The van der Waals surface area contributed by atoms with E-state index in [1.54, 1.807) is 0 Å². The molecule has 18 heavy (non-hydrogen) atoms. The summed E-state index contributed by atoms with van der Waals surface area (Å²) in [6.07, 6.45) is 0.243. The van der Waals surface area contributed by atoms with Gasteiger partial charge in [-0.05, 0) is 56.8 Å². The first-order chi connectivity index (χ1) is 8.47. The minimum absolute atomic E-state index is 0.429. The normalized spacial score (nSPS) is 12.2. The van der Waals surface area contributed by atoms with E-state index in [9.17, 15) is 4.79 Å². The van der Waals surface area contributed by atoms with Crippen molar-refractivity contribution in [2.45, 2.75) is 39.7 Å². The van der Waals surface area contributed by atoms with Crippen LogP contribution in [-0.2, 0) is 4.79 Å². The molecule has 1 unspecified atom stereocenters. The third-order valence-corrected chi connectivity index (χ3v) is 3.08. The average molecular weight is 251 g/mol. The van der Waals surface area contributed by atoms with Crippen LogP contribution in [0.15, 0.2) is 12.1 Å². The first-order valence-corrected chi connectivity index (χ1v) is 6.13. The Balaban J connectivity index is 2.93. The van der Waals surface area contributed by atoms with Gasteiger partial charge >= 0.3 is 5.97 Å². The van der Waals surface area contributed by atoms with Gasteiger partial charge in [0.15, 0.2) is 6.10 Å². The Morgan fingerprint density at radius 2 is 1.94 bits per heavy atom. The van der Waals surface area contributed by atoms with E-state index in [1.165, 1.54) is 0 Å². The number of carbonyl (C=O) groups is 1. The molecule has 3 N–H and O–H groups in total. The fourth-order valence-electron chi connectivity index (χ4n) is 1.79. The summed E-state index contributed by atoms with van der Waals surface area (Å²) in [4.78, 5) is 11.2. The number of aryl methyl sites for hydroxylation is 2. The number of carboxylic acid groups (broad SMARTS) is 1. The molecule has 0 heterocycles. The van der Waals surface area contributed by atoms with Gasteiger partial charge in [-0.1, -0.05) is 12.1 Å². The third kappa shape index (κ3) is 3.47. The Morgan fingerprint density at radius 3 is 2.50 bits per heavy atom. The quantitative estimate of drug-likeness (QED) is 0.812. The van der Waals surface area contributed by atoms with Crippen molar-refractivity contribution >= 4 is 5.97 Å². The van der Waals surface area contributed by atoms with E-state index in [1.807, 2.05) is 32.9 Å². The molecule has 0 aliphatic rings. The molecule has 1 atom stereocenters. The molecule has 0 aliphatic heterocycles. The second kappa shape index (κ2) is 6.40. The van der Waals surface area contributed by atoms with Crippen molar-refractivity contribution in [2.75, 3.05) is 6.54 Å². The maximum absolute atomic E-state index is 11.2. The zero-order valence-electron chi connectivity index (χ0n) is 11.2. The highest BCUT2D eigenvalue weighted by Gasteiger charge is 2.20. The topological polar surface area (TPSA) is 72.5 Å². The number of benzene rings is 1. The van der Waals surface area contributed by atoms with Crippen LogP contribution in [0.3, 0.4) is 0 Å².